The third kappa shape index (κ3) is 3.55. The highest BCUT2D eigenvalue weighted by molar-refractivity contribution is 4.78. The average Bonchev–Trinajstić information content (AvgIpc) is 2.01. The number of hydrogen-bond donors (Lipinski definition) is 1. The molecule has 0 saturated heterocycles. The summed E-state index contributed by atoms with van der Waals surface area (Å²) < 4.78 is 5.63. The molecular formula is C10H22O2. The first-order valence-electron chi connectivity index (χ1n) is 4.81. The van der Waals surface area contributed by atoms with E-state index in [4.69, 9.17) is 9.84 Å². The van der Waals surface area contributed by atoms with Gasteiger partial charge in [0.1, 0.15) is 0 Å². The Hall–Kier alpha value is -0.0800. The molecule has 0 rings (SSSR count). The Kier molecular flexibility index (Phi) is 5.51. The summed E-state index contributed by atoms with van der Waals surface area (Å²) in [5, 5.41) is 8.65. The van der Waals surface area contributed by atoms with Gasteiger partial charge in [0.05, 0.1) is 18.8 Å². The highest BCUT2D eigenvalue weighted by atomic mass is 16.5. The van der Waals surface area contributed by atoms with Gasteiger partial charge in [0, 0.05) is 0 Å². The Bertz CT molecular complexity index is 112. The van der Waals surface area contributed by atoms with Crippen molar-refractivity contribution < 1.29 is 9.84 Å². The number of rotatable bonds is 6. The van der Waals surface area contributed by atoms with Crippen molar-refractivity contribution in [2.45, 2.75) is 46.1 Å². The van der Waals surface area contributed by atoms with Gasteiger partial charge in [-0.2, -0.15) is 0 Å². The van der Waals surface area contributed by atoms with Gasteiger partial charge in [0.25, 0.3) is 0 Å². The minimum atomic E-state index is -0.0581. The molecule has 74 valence electrons. The van der Waals surface area contributed by atoms with E-state index in [1.54, 1.807) is 0 Å². The fourth-order valence-electron chi connectivity index (χ4n) is 1.30. The average molecular weight is 174 g/mol. The fourth-order valence-corrected chi connectivity index (χ4v) is 1.30. The lowest BCUT2D eigenvalue weighted by Gasteiger charge is -2.33. The molecule has 2 heteroatoms. The molecule has 0 amide bonds. The van der Waals surface area contributed by atoms with Gasteiger partial charge in [-0.25, -0.2) is 0 Å². The summed E-state index contributed by atoms with van der Waals surface area (Å²) in [5.74, 6) is 0.504. The predicted octanol–water partition coefficient (Wildman–Crippen LogP) is 2.21. The van der Waals surface area contributed by atoms with E-state index in [0.29, 0.717) is 12.5 Å². The van der Waals surface area contributed by atoms with E-state index < -0.39 is 0 Å². The van der Waals surface area contributed by atoms with Crippen LogP contribution in [0.15, 0.2) is 0 Å². The van der Waals surface area contributed by atoms with Crippen molar-refractivity contribution in [2.24, 2.45) is 5.92 Å². The quantitative estimate of drug-likeness (QED) is 0.669. The van der Waals surface area contributed by atoms with Gasteiger partial charge in [0.2, 0.25) is 0 Å². The normalized spacial score (nSPS) is 16.5. The van der Waals surface area contributed by atoms with Crippen LogP contribution in [0.2, 0.25) is 0 Å². The van der Waals surface area contributed by atoms with E-state index in [2.05, 4.69) is 27.7 Å². The second-order valence-electron chi connectivity index (χ2n) is 3.79. The highest BCUT2D eigenvalue weighted by Gasteiger charge is 2.27. The number of hydrogen-bond acceptors (Lipinski definition) is 2. The summed E-state index contributed by atoms with van der Waals surface area (Å²) in [5.41, 5.74) is -0.0581. The van der Waals surface area contributed by atoms with Gasteiger partial charge >= 0.3 is 0 Å². The van der Waals surface area contributed by atoms with Gasteiger partial charge < -0.3 is 9.84 Å². The first kappa shape index (κ1) is 11.9. The molecule has 0 aliphatic heterocycles. The van der Waals surface area contributed by atoms with Crippen LogP contribution in [0.5, 0.6) is 0 Å². The minimum absolute atomic E-state index is 0.0581. The largest absolute Gasteiger partial charge is 0.394 e. The zero-order valence-corrected chi connectivity index (χ0v) is 8.76. The van der Waals surface area contributed by atoms with Gasteiger partial charge in [-0.15, -0.1) is 0 Å². The maximum absolute atomic E-state index is 8.65. The first-order chi connectivity index (χ1) is 5.56. The van der Waals surface area contributed by atoms with Crippen LogP contribution in [0.25, 0.3) is 0 Å². The van der Waals surface area contributed by atoms with Crippen molar-refractivity contribution in [3.05, 3.63) is 0 Å². The van der Waals surface area contributed by atoms with Crippen molar-refractivity contribution in [1.29, 1.82) is 0 Å². The van der Waals surface area contributed by atoms with E-state index >= 15 is 0 Å². The molecule has 2 nitrogen and oxygen atoms in total. The van der Waals surface area contributed by atoms with E-state index in [1.165, 1.54) is 0 Å². The number of ether oxygens (including phenoxy) is 1. The fraction of sp³-hybridized carbons (Fsp3) is 1.00. The number of aliphatic hydroxyl groups is 1. The Morgan fingerprint density at radius 2 is 2.00 bits per heavy atom. The van der Waals surface area contributed by atoms with E-state index in [0.717, 1.165) is 12.8 Å². The third-order valence-corrected chi connectivity index (χ3v) is 2.49. The lowest BCUT2D eigenvalue weighted by Crippen LogP contribution is -2.35. The monoisotopic (exact) mass is 174 g/mol. The standard InChI is InChI=1S/C10H22O2/c1-5-6-10(4,9(2)3)12-8-7-11/h9,11H,5-8H2,1-4H3. The van der Waals surface area contributed by atoms with E-state index in [-0.39, 0.29) is 12.2 Å². The van der Waals surface area contributed by atoms with Gasteiger partial charge in [-0.3, -0.25) is 0 Å². The Balaban J connectivity index is 3.99. The maximum atomic E-state index is 8.65. The van der Waals surface area contributed by atoms with Crippen LogP contribution in [0, 0.1) is 5.92 Å². The van der Waals surface area contributed by atoms with Crippen LogP contribution in [-0.2, 0) is 4.74 Å². The van der Waals surface area contributed by atoms with Crippen molar-refractivity contribution in [3.8, 4) is 0 Å². The molecule has 0 radical (unpaired) electrons. The maximum Gasteiger partial charge on any atom is 0.0705 e. The molecule has 12 heavy (non-hydrogen) atoms. The van der Waals surface area contributed by atoms with Crippen LogP contribution < -0.4 is 0 Å². The molecule has 0 heterocycles. The molecule has 0 aromatic heterocycles. The number of aliphatic hydroxyl groups excluding tert-OH is 1. The summed E-state index contributed by atoms with van der Waals surface area (Å²) in [6, 6.07) is 0. The van der Waals surface area contributed by atoms with Crippen LogP contribution in [0.3, 0.4) is 0 Å². The molecule has 0 fully saturated rings. The lowest BCUT2D eigenvalue weighted by atomic mass is 9.88. The molecule has 1 atom stereocenters. The van der Waals surface area contributed by atoms with Crippen molar-refractivity contribution in [1.82, 2.24) is 0 Å². The SMILES string of the molecule is CCCC(C)(OCCO)C(C)C. The summed E-state index contributed by atoms with van der Waals surface area (Å²) >= 11 is 0. The molecule has 1 unspecified atom stereocenters. The molecule has 0 spiro atoms. The van der Waals surface area contributed by atoms with Crippen molar-refractivity contribution >= 4 is 0 Å². The van der Waals surface area contributed by atoms with Gasteiger partial charge in [-0.1, -0.05) is 27.2 Å². The highest BCUT2D eigenvalue weighted by Crippen LogP contribution is 2.26. The third-order valence-electron chi connectivity index (χ3n) is 2.49. The molecule has 0 saturated carbocycles. The zero-order valence-electron chi connectivity index (χ0n) is 8.76. The second kappa shape index (κ2) is 5.55. The Morgan fingerprint density at radius 1 is 1.42 bits per heavy atom. The predicted molar refractivity (Wildman–Crippen MR) is 51.2 cm³/mol. The van der Waals surface area contributed by atoms with Gasteiger partial charge in [-0.05, 0) is 19.3 Å². The molecule has 1 N–H and O–H groups in total. The van der Waals surface area contributed by atoms with Crippen molar-refractivity contribution in [3.63, 3.8) is 0 Å². The van der Waals surface area contributed by atoms with E-state index in [1.807, 2.05) is 0 Å². The second-order valence-corrected chi connectivity index (χ2v) is 3.79. The molecule has 0 aliphatic carbocycles. The molecule has 0 aliphatic rings. The molecule has 0 bridgehead atoms. The lowest BCUT2D eigenvalue weighted by molar-refractivity contribution is -0.0807. The topological polar surface area (TPSA) is 29.5 Å². The van der Waals surface area contributed by atoms with E-state index in [9.17, 15) is 0 Å². The summed E-state index contributed by atoms with van der Waals surface area (Å²) in [6.45, 7) is 9.17. The zero-order chi connectivity index (χ0) is 9.61. The Labute approximate surface area is 75.9 Å². The van der Waals surface area contributed by atoms with Crippen molar-refractivity contribution in [2.75, 3.05) is 13.2 Å². The smallest absolute Gasteiger partial charge is 0.0705 e. The summed E-state index contributed by atoms with van der Waals surface area (Å²) in [4.78, 5) is 0. The van der Waals surface area contributed by atoms with Crippen LogP contribution in [0.4, 0.5) is 0 Å². The van der Waals surface area contributed by atoms with Gasteiger partial charge in [0.15, 0.2) is 0 Å². The Morgan fingerprint density at radius 3 is 2.33 bits per heavy atom. The summed E-state index contributed by atoms with van der Waals surface area (Å²) in [6.07, 6.45) is 2.19. The molecule has 0 aromatic rings. The molecule has 0 aromatic carbocycles. The van der Waals surface area contributed by atoms with Crippen LogP contribution >= 0.6 is 0 Å². The summed E-state index contributed by atoms with van der Waals surface area (Å²) in [7, 11) is 0. The minimum Gasteiger partial charge on any atom is -0.394 e. The van der Waals surface area contributed by atoms with Crippen LogP contribution in [-0.4, -0.2) is 23.9 Å². The molecular weight excluding hydrogens is 152 g/mol. The van der Waals surface area contributed by atoms with Crippen LogP contribution in [0.1, 0.15) is 40.5 Å². The first-order valence-corrected chi connectivity index (χ1v) is 4.81.